The number of hydrogen-bond acceptors (Lipinski definition) is 5. The summed E-state index contributed by atoms with van der Waals surface area (Å²) in [5, 5.41) is 6.85. The first-order valence-electron chi connectivity index (χ1n) is 9.41. The zero-order valence-electron chi connectivity index (χ0n) is 16.4. The number of nitrogens with one attached hydrogen (secondary N) is 2. The Balaban J connectivity index is 1.67. The number of fused-ring (bicyclic) bond motifs is 1. The molecule has 2 unspecified atom stereocenters. The van der Waals surface area contributed by atoms with Crippen LogP contribution in [-0.2, 0) is 10.2 Å². The van der Waals surface area contributed by atoms with Crippen molar-refractivity contribution in [2.75, 3.05) is 25.5 Å². The van der Waals surface area contributed by atoms with Gasteiger partial charge in [0.25, 0.3) is 0 Å². The van der Waals surface area contributed by atoms with Crippen molar-refractivity contribution in [1.82, 2.24) is 19.7 Å². The Morgan fingerprint density at radius 3 is 2.81 bits per heavy atom. The van der Waals surface area contributed by atoms with Crippen LogP contribution in [0.15, 0.2) is 42.7 Å². The molecular formula is C21H27N5O. The molecule has 6 heteroatoms. The van der Waals surface area contributed by atoms with Crippen LogP contribution in [0.3, 0.4) is 0 Å². The summed E-state index contributed by atoms with van der Waals surface area (Å²) in [6.45, 7) is 8.38. The maximum absolute atomic E-state index is 5.53. The van der Waals surface area contributed by atoms with Gasteiger partial charge in [-0.15, -0.1) is 0 Å². The number of aromatic nitrogens is 3. The van der Waals surface area contributed by atoms with Crippen LogP contribution in [0.5, 0.6) is 0 Å². The molecule has 1 aliphatic heterocycles. The predicted octanol–water partition coefficient (Wildman–Crippen LogP) is 3.09. The third kappa shape index (κ3) is 3.55. The minimum Gasteiger partial charge on any atom is -0.378 e. The van der Waals surface area contributed by atoms with E-state index in [1.54, 1.807) is 7.11 Å². The fourth-order valence-electron chi connectivity index (χ4n) is 3.51. The summed E-state index contributed by atoms with van der Waals surface area (Å²) in [4.78, 5) is 9.38. The molecule has 1 fully saturated rings. The highest BCUT2D eigenvalue weighted by molar-refractivity contribution is 5.62. The minimum atomic E-state index is 0.0806. The van der Waals surface area contributed by atoms with Gasteiger partial charge in [0.15, 0.2) is 0 Å². The summed E-state index contributed by atoms with van der Waals surface area (Å²) in [5.41, 5.74) is 4.17. The van der Waals surface area contributed by atoms with Crippen molar-refractivity contribution in [2.24, 2.45) is 0 Å². The van der Waals surface area contributed by atoms with Gasteiger partial charge in [0.05, 0.1) is 29.7 Å². The molecule has 4 rings (SSSR count). The minimum absolute atomic E-state index is 0.0806. The van der Waals surface area contributed by atoms with Crippen molar-refractivity contribution in [1.29, 1.82) is 0 Å². The van der Waals surface area contributed by atoms with E-state index in [2.05, 4.69) is 59.1 Å². The summed E-state index contributed by atoms with van der Waals surface area (Å²) >= 11 is 0. The van der Waals surface area contributed by atoms with E-state index < -0.39 is 0 Å². The maximum Gasteiger partial charge on any atom is 0.137 e. The molecule has 0 bridgehead atoms. The molecule has 2 atom stereocenters. The van der Waals surface area contributed by atoms with Crippen LogP contribution in [-0.4, -0.2) is 46.7 Å². The van der Waals surface area contributed by atoms with E-state index in [1.165, 1.54) is 5.56 Å². The molecule has 2 N–H and O–H groups in total. The van der Waals surface area contributed by atoms with Crippen molar-refractivity contribution in [2.45, 2.75) is 38.3 Å². The Kier molecular flexibility index (Phi) is 4.61. The van der Waals surface area contributed by atoms with Gasteiger partial charge in [0.1, 0.15) is 11.5 Å². The quantitative estimate of drug-likeness (QED) is 0.744. The molecule has 1 saturated heterocycles. The third-order valence-electron chi connectivity index (χ3n) is 5.18. The average Bonchev–Trinajstić information content (AvgIpc) is 3.27. The largest absolute Gasteiger partial charge is 0.378 e. The third-order valence-corrected chi connectivity index (χ3v) is 5.18. The van der Waals surface area contributed by atoms with Gasteiger partial charge in [0, 0.05) is 26.4 Å². The topological polar surface area (TPSA) is 63.5 Å². The monoisotopic (exact) mass is 365 g/mol. The molecule has 1 aliphatic rings. The number of imidazole rings is 1. The van der Waals surface area contributed by atoms with Crippen LogP contribution >= 0.6 is 0 Å². The van der Waals surface area contributed by atoms with Gasteiger partial charge in [0.2, 0.25) is 0 Å². The van der Waals surface area contributed by atoms with Gasteiger partial charge in [-0.25, -0.2) is 9.97 Å². The summed E-state index contributed by atoms with van der Waals surface area (Å²) in [5.74, 6) is 0.852. The Labute approximate surface area is 160 Å². The molecule has 3 aromatic rings. The number of rotatable bonds is 4. The molecule has 6 nitrogen and oxygen atoms in total. The SMILES string of the molecule is COC1CNCC1Nc1cccc(-c2cnc3ccc(C(C)(C)C)cn23)n1. The molecule has 0 amide bonds. The lowest BCUT2D eigenvalue weighted by Crippen LogP contribution is -2.33. The van der Waals surface area contributed by atoms with Gasteiger partial charge in [-0.1, -0.05) is 32.9 Å². The van der Waals surface area contributed by atoms with Gasteiger partial charge in [-0.2, -0.15) is 0 Å². The van der Waals surface area contributed by atoms with Crippen LogP contribution in [0.1, 0.15) is 26.3 Å². The summed E-state index contributed by atoms with van der Waals surface area (Å²) < 4.78 is 7.66. The molecule has 0 spiro atoms. The number of nitrogens with zero attached hydrogens (tertiary/aromatic N) is 3. The molecule has 27 heavy (non-hydrogen) atoms. The van der Waals surface area contributed by atoms with Crippen molar-refractivity contribution in [3.05, 3.63) is 48.3 Å². The van der Waals surface area contributed by atoms with Crippen LogP contribution in [0.4, 0.5) is 5.82 Å². The second-order valence-corrected chi connectivity index (χ2v) is 8.13. The second-order valence-electron chi connectivity index (χ2n) is 8.13. The fraction of sp³-hybridized carbons (Fsp3) is 0.429. The Bertz CT molecular complexity index is 943. The van der Waals surface area contributed by atoms with Crippen molar-refractivity contribution < 1.29 is 4.74 Å². The molecular weight excluding hydrogens is 338 g/mol. The maximum atomic E-state index is 5.53. The molecule has 0 saturated carbocycles. The average molecular weight is 365 g/mol. The zero-order chi connectivity index (χ0) is 19.0. The number of ether oxygens (including phenoxy) is 1. The fourth-order valence-corrected chi connectivity index (χ4v) is 3.51. The van der Waals surface area contributed by atoms with E-state index in [1.807, 2.05) is 24.4 Å². The predicted molar refractivity (Wildman–Crippen MR) is 108 cm³/mol. The Morgan fingerprint density at radius 1 is 1.19 bits per heavy atom. The number of methoxy groups -OCH3 is 1. The highest BCUT2D eigenvalue weighted by atomic mass is 16.5. The first kappa shape index (κ1) is 17.9. The number of hydrogen-bond donors (Lipinski definition) is 2. The van der Waals surface area contributed by atoms with Crippen molar-refractivity contribution >= 4 is 11.5 Å². The number of pyridine rings is 2. The first-order chi connectivity index (χ1) is 13.0. The van der Waals surface area contributed by atoms with E-state index in [0.29, 0.717) is 0 Å². The van der Waals surface area contributed by atoms with E-state index >= 15 is 0 Å². The molecule has 3 aromatic heterocycles. The highest BCUT2D eigenvalue weighted by Crippen LogP contribution is 2.26. The lowest BCUT2D eigenvalue weighted by molar-refractivity contribution is 0.111. The van der Waals surface area contributed by atoms with Crippen LogP contribution in [0.25, 0.3) is 17.0 Å². The van der Waals surface area contributed by atoms with Gasteiger partial charge in [-0.05, 0) is 29.2 Å². The molecule has 0 aromatic carbocycles. The number of anilines is 1. The Hall–Kier alpha value is -2.44. The lowest BCUT2D eigenvalue weighted by Gasteiger charge is -2.20. The molecule has 0 aliphatic carbocycles. The second kappa shape index (κ2) is 6.94. The standard InChI is InChI=1S/C21H27N5O/c1-21(2,3)14-8-9-20-23-11-17(26(20)13-14)15-6-5-7-19(24-15)25-16-10-22-12-18(16)27-4/h5-9,11,13,16,18,22H,10,12H2,1-4H3,(H,24,25). The van der Waals surface area contributed by atoms with Gasteiger partial charge >= 0.3 is 0 Å². The van der Waals surface area contributed by atoms with Crippen LogP contribution < -0.4 is 10.6 Å². The normalized spacial score (nSPS) is 20.3. The van der Waals surface area contributed by atoms with Gasteiger partial charge in [-0.3, -0.25) is 4.40 Å². The zero-order valence-corrected chi connectivity index (χ0v) is 16.4. The van der Waals surface area contributed by atoms with Crippen molar-refractivity contribution in [3.8, 4) is 11.4 Å². The molecule has 0 radical (unpaired) electrons. The highest BCUT2D eigenvalue weighted by Gasteiger charge is 2.27. The van der Waals surface area contributed by atoms with Crippen LogP contribution in [0, 0.1) is 0 Å². The van der Waals surface area contributed by atoms with Crippen LogP contribution in [0.2, 0.25) is 0 Å². The van der Waals surface area contributed by atoms with E-state index in [0.717, 1.165) is 35.9 Å². The van der Waals surface area contributed by atoms with E-state index in [4.69, 9.17) is 9.72 Å². The summed E-state index contributed by atoms with van der Waals surface area (Å²) in [6, 6.07) is 10.5. The van der Waals surface area contributed by atoms with Gasteiger partial charge < -0.3 is 15.4 Å². The molecule has 142 valence electrons. The summed E-state index contributed by atoms with van der Waals surface area (Å²) in [6.07, 6.45) is 4.21. The van der Waals surface area contributed by atoms with E-state index in [9.17, 15) is 0 Å². The van der Waals surface area contributed by atoms with E-state index in [-0.39, 0.29) is 17.6 Å². The first-order valence-corrected chi connectivity index (χ1v) is 9.41. The van der Waals surface area contributed by atoms with Crippen molar-refractivity contribution in [3.63, 3.8) is 0 Å². The summed E-state index contributed by atoms with van der Waals surface area (Å²) in [7, 11) is 1.75. The Morgan fingerprint density at radius 2 is 2.04 bits per heavy atom. The smallest absolute Gasteiger partial charge is 0.137 e. The molecule has 4 heterocycles. The lowest BCUT2D eigenvalue weighted by atomic mass is 9.88.